The van der Waals surface area contributed by atoms with E-state index in [0.717, 1.165) is 5.56 Å². The molecule has 0 aliphatic carbocycles. The lowest BCUT2D eigenvalue weighted by atomic mass is 10.0. The minimum absolute atomic E-state index is 0.00614. The van der Waals surface area contributed by atoms with Crippen LogP contribution in [-0.4, -0.2) is 16.7 Å². The number of pyridine rings is 1. The van der Waals surface area contributed by atoms with Gasteiger partial charge in [-0.25, -0.2) is 4.98 Å². The lowest BCUT2D eigenvalue weighted by Crippen LogP contribution is -2.13. The Bertz CT molecular complexity index is 546. The lowest BCUT2D eigenvalue weighted by molar-refractivity contribution is 0.280. The normalized spacial score (nSPS) is 11.6. The van der Waals surface area contributed by atoms with E-state index in [2.05, 4.69) is 10.3 Å². The number of hydrogen-bond acceptors (Lipinski definition) is 4. The molecule has 0 saturated heterocycles. The Morgan fingerprint density at radius 3 is 2.58 bits per heavy atom. The molecule has 1 aromatic heterocycles. The maximum Gasteiger partial charge on any atom is 0.126 e. The Balaban J connectivity index is 2.14. The summed E-state index contributed by atoms with van der Waals surface area (Å²) in [5.74, 6) is 0.696. The number of aliphatic hydroxyl groups is 1. The van der Waals surface area contributed by atoms with Gasteiger partial charge in [-0.1, -0.05) is 30.3 Å². The van der Waals surface area contributed by atoms with Crippen molar-refractivity contribution < 1.29 is 5.11 Å². The van der Waals surface area contributed by atoms with Crippen LogP contribution in [0.5, 0.6) is 0 Å². The molecule has 4 heteroatoms. The van der Waals surface area contributed by atoms with E-state index in [1.54, 1.807) is 12.1 Å². The number of benzene rings is 1. The molecule has 1 heterocycles. The number of anilines is 1. The van der Waals surface area contributed by atoms with Gasteiger partial charge in [0.25, 0.3) is 0 Å². The SMILES string of the molecule is N#Cc1ccc(N[C@@H](CCO)c2ccccc2)nc1. The first-order chi connectivity index (χ1) is 9.33. The molecule has 0 aliphatic heterocycles. The Hall–Kier alpha value is -2.38. The third-order valence-corrected chi connectivity index (χ3v) is 2.83. The van der Waals surface area contributed by atoms with Crippen LogP contribution in [0, 0.1) is 11.3 Å². The molecule has 0 amide bonds. The standard InChI is InChI=1S/C15H15N3O/c16-10-12-6-7-15(17-11-12)18-14(8-9-19)13-4-2-1-3-5-13/h1-7,11,14,19H,8-9H2,(H,17,18)/t14-/m0/s1. The summed E-state index contributed by atoms with van der Waals surface area (Å²) in [7, 11) is 0. The molecule has 2 N–H and O–H groups in total. The van der Waals surface area contributed by atoms with E-state index < -0.39 is 0 Å². The first kappa shape index (κ1) is 13.1. The summed E-state index contributed by atoms with van der Waals surface area (Å²) in [6.07, 6.45) is 2.13. The van der Waals surface area contributed by atoms with Gasteiger partial charge in [0.2, 0.25) is 0 Å². The van der Waals surface area contributed by atoms with Gasteiger partial charge in [0, 0.05) is 12.8 Å². The highest BCUT2D eigenvalue weighted by molar-refractivity contribution is 5.41. The number of aliphatic hydroxyl groups excluding tert-OH is 1. The second-order valence-electron chi connectivity index (χ2n) is 4.16. The molecule has 0 saturated carbocycles. The van der Waals surface area contributed by atoms with Crippen LogP contribution in [-0.2, 0) is 0 Å². The zero-order valence-corrected chi connectivity index (χ0v) is 10.5. The molecule has 0 unspecified atom stereocenters. The average molecular weight is 253 g/mol. The van der Waals surface area contributed by atoms with Gasteiger partial charge in [0.05, 0.1) is 11.6 Å². The molecule has 4 nitrogen and oxygen atoms in total. The van der Waals surface area contributed by atoms with E-state index in [-0.39, 0.29) is 12.6 Å². The third-order valence-electron chi connectivity index (χ3n) is 2.83. The summed E-state index contributed by atoms with van der Waals surface area (Å²) in [6.45, 7) is 0.100. The topological polar surface area (TPSA) is 68.9 Å². The van der Waals surface area contributed by atoms with Gasteiger partial charge in [-0.2, -0.15) is 5.26 Å². The summed E-state index contributed by atoms with van der Waals surface area (Å²) in [6, 6.07) is 15.4. The van der Waals surface area contributed by atoms with Crippen LogP contribution < -0.4 is 5.32 Å². The molecule has 0 spiro atoms. The molecular formula is C15H15N3O. The summed E-state index contributed by atoms with van der Waals surface area (Å²) < 4.78 is 0. The Morgan fingerprint density at radius 1 is 1.21 bits per heavy atom. The van der Waals surface area contributed by atoms with Crippen LogP contribution in [0.1, 0.15) is 23.6 Å². The van der Waals surface area contributed by atoms with Crippen molar-refractivity contribution in [1.82, 2.24) is 4.98 Å². The number of nitrogens with zero attached hydrogens (tertiary/aromatic N) is 2. The number of rotatable bonds is 5. The largest absolute Gasteiger partial charge is 0.396 e. The van der Waals surface area contributed by atoms with Crippen LogP contribution in [0.3, 0.4) is 0 Å². The maximum atomic E-state index is 9.15. The second-order valence-corrected chi connectivity index (χ2v) is 4.16. The highest BCUT2D eigenvalue weighted by Crippen LogP contribution is 2.21. The van der Waals surface area contributed by atoms with E-state index in [1.165, 1.54) is 6.20 Å². The third kappa shape index (κ3) is 3.54. The van der Waals surface area contributed by atoms with Gasteiger partial charge in [0.1, 0.15) is 11.9 Å². The number of nitriles is 1. The van der Waals surface area contributed by atoms with Gasteiger partial charge in [-0.15, -0.1) is 0 Å². The summed E-state index contributed by atoms with van der Waals surface area (Å²) in [4.78, 5) is 4.18. The van der Waals surface area contributed by atoms with Crippen LogP contribution in [0.25, 0.3) is 0 Å². The minimum atomic E-state index is 0.00614. The number of hydrogen-bond donors (Lipinski definition) is 2. The van der Waals surface area contributed by atoms with Crippen molar-refractivity contribution in [3.8, 4) is 6.07 Å². The molecule has 1 atom stereocenters. The van der Waals surface area contributed by atoms with Crippen molar-refractivity contribution in [3.63, 3.8) is 0 Å². The van der Waals surface area contributed by atoms with Crippen molar-refractivity contribution in [2.75, 3.05) is 11.9 Å². The van der Waals surface area contributed by atoms with E-state index in [0.29, 0.717) is 17.8 Å². The number of nitrogens with one attached hydrogen (secondary N) is 1. The van der Waals surface area contributed by atoms with Crippen molar-refractivity contribution in [2.24, 2.45) is 0 Å². The predicted molar refractivity (Wildman–Crippen MR) is 73.5 cm³/mol. The summed E-state index contributed by atoms with van der Waals surface area (Å²) in [5.41, 5.74) is 1.63. The molecule has 0 radical (unpaired) electrons. The minimum Gasteiger partial charge on any atom is -0.396 e. The second kappa shape index (κ2) is 6.53. The van der Waals surface area contributed by atoms with Crippen molar-refractivity contribution in [3.05, 3.63) is 59.8 Å². The highest BCUT2D eigenvalue weighted by Gasteiger charge is 2.10. The monoisotopic (exact) mass is 253 g/mol. The van der Waals surface area contributed by atoms with Crippen LogP contribution in [0.15, 0.2) is 48.7 Å². The molecule has 0 aliphatic rings. The summed E-state index contributed by atoms with van der Waals surface area (Å²) in [5, 5.41) is 21.2. The molecule has 96 valence electrons. The molecule has 0 fully saturated rings. The Labute approximate surface area is 112 Å². The van der Waals surface area contributed by atoms with Gasteiger partial charge >= 0.3 is 0 Å². The molecule has 2 rings (SSSR count). The lowest BCUT2D eigenvalue weighted by Gasteiger charge is -2.18. The van der Waals surface area contributed by atoms with E-state index in [9.17, 15) is 0 Å². The van der Waals surface area contributed by atoms with E-state index >= 15 is 0 Å². The fraction of sp³-hybridized carbons (Fsp3) is 0.200. The summed E-state index contributed by atoms with van der Waals surface area (Å²) >= 11 is 0. The molecule has 2 aromatic rings. The Morgan fingerprint density at radius 2 is 2.00 bits per heavy atom. The van der Waals surface area contributed by atoms with E-state index in [1.807, 2.05) is 36.4 Å². The van der Waals surface area contributed by atoms with Crippen LogP contribution in [0.4, 0.5) is 5.82 Å². The van der Waals surface area contributed by atoms with Crippen molar-refractivity contribution >= 4 is 5.82 Å². The van der Waals surface area contributed by atoms with Crippen molar-refractivity contribution in [2.45, 2.75) is 12.5 Å². The molecule has 19 heavy (non-hydrogen) atoms. The van der Waals surface area contributed by atoms with Crippen molar-refractivity contribution in [1.29, 1.82) is 5.26 Å². The van der Waals surface area contributed by atoms with Crippen LogP contribution in [0.2, 0.25) is 0 Å². The molecule has 0 bridgehead atoms. The van der Waals surface area contributed by atoms with Crippen LogP contribution >= 0.6 is 0 Å². The first-order valence-electron chi connectivity index (χ1n) is 6.12. The first-order valence-corrected chi connectivity index (χ1v) is 6.12. The quantitative estimate of drug-likeness (QED) is 0.859. The molecular weight excluding hydrogens is 238 g/mol. The van der Waals surface area contributed by atoms with Gasteiger partial charge in [0.15, 0.2) is 0 Å². The average Bonchev–Trinajstić information content (AvgIpc) is 2.48. The fourth-order valence-electron chi connectivity index (χ4n) is 1.86. The highest BCUT2D eigenvalue weighted by atomic mass is 16.3. The maximum absolute atomic E-state index is 9.15. The predicted octanol–water partition coefficient (Wildman–Crippen LogP) is 2.49. The zero-order chi connectivity index (χ0) is 13.5. The Kier molecular flexibility index (Phi) is 4.49. The van der Waals surface area contributed by atoms with Gasteiger partial charge < -0.3 is 10.4 Å². The fourth-order valence-corrected chi connectivity index (χ4v) is 1.86. The zero-order valence-electron chi connectivity index (χ0n) is 10.5. The van der Waals surface area contributed by atoms with E-state index in [4.69, 9.17) is 10.4 Å². The smallest absolute Gasteiger partial charge is 0.126 e. The van der Waals surface area contributed by atoms with Gasteiger partial charge in [-0.05, 0) is 24.1 Å². The number of aromatic nitrogens is 1. The van der Waals surface area contributed by atoms with Gasteiger partial charge in [-0.3, -0.25) is 0 Å². The molecule has 1 aromatic carbocycles.